The van der Waals surface area contributed by atoms with E-state index in [0.717, 1.165) is 25.0 Å². The maximum Gasteiger partial charge on any atom is 0.271 e. The molecule has 1 aromatic heterocycles. The Morgan fingerprint density at radius 3 is 2.75 bits per heavy atom. The summed E-state index contributed by atoms with van der Waals surface area (Å²) in [5.41, 5.74) is 4.05. The van der Waals surface area contributed by atoms with Crippen molar-refractivity contribution in [2.24, 2.45) is 5.10 Å². The first kappa shape index (κ1) is 12.4. The zero-order chi connectivity index (χ0) is 11.8. The molecule has 0 aliphatic rings. The fraction of sp³-hybridized carbons (Fsp3) is 0.417. The minimum atomic E-state index is -0.196. The molecule has 0 fully saturated rings. The minimum absolute atomic E-state index is 0.196. The Hall–Kier alpha value is -1.71. The Balaban J connectivity index is 2.46. The van der Waals surface area contributed by atoms with Gasteiger partial charge in [0.15, 0.2) is 0 Å². The van der Waals surface area contributed by atoms with Crippen molar-refractivity contribution in [3.8, 4) is 0 Å². The van der Waals surface area contributed by atoms with Gasteiger partial charge >= 0.3 is 0 Å². The predicted molar refractivity (Wildman–Crippen MR) is 64.3 cm³/mol. The van der Waals surface area contributed by atoms with Crippen molar-refractivity contribution >= 4 is 11.6 Å². The molecule has 0 atom stereocenters. The molecule has 1 N–H and O–H groups in total. The maximum absolute atomic E-state index is 11.6. The normalized spacial score (nSPS) is 11.2. The highest BCUT2D eigenvalue weighted by Crippen LogP contribution is 1.98. The van der Waals surface area contributed by atoms with Crippen molar-refractivity contribution in [2.75, 3.05) is 0 Å². The number of nitrogens with one attached hydrogen (secondary N) is 1. The molecule has 0 aromatic carbocycles. The van der Waals surface area contributed by atoms with Gasteiger partial charge in [0, 0.05) is 23.7 Å². The lowest BCUT2D eigenvalue weighted by Crippen LogP contribution is -2.18. The molecule has 0 saturated carbocycles. The molecule has 4 heteroatoms. The van der Waals surface area contributed by atoms with E-state index >= 15 is 0 Å². The Kier molecular flexibility index (Phi) is 5.19. The highest BCUT2D eigenvalue weighted by atomic mass is 16.2. The number of nitrogens with zero attached hydrogens (tertiary/aromatic N) is 2. The summed E-state index contributed by atoms with van der Waals surface area (Å²) in [4.78, 5) is 15.4. The van der Waals surface area contributed by atoms with E-state index in [-0.39, 0.29) is 5.91 Å². The van der Waals surface area contributed by atoms with Crippen LogP contribution in [0.1, 0.15) is 43.5 Å². The van der Waals surface area contributed by atoms with E-state index in [4.69, 9.17) is 0 Å². The molecule has 1 aromatic rings. The number of hydrazone groups is 1. The van der Waals surface area contributed by atoms with Crippen molar-refractivity contribution in [3.05, 3.63) is 30.1 Å². The second-order valence-corrected chi connectivity index (χ2v) is 3.63. The Bertz CT molecular complexity index is 360. The van der Waals surface area contributed by atoms with Gasteiger partial charge in [0.2, 0.25) is 0 Å². The standard InChI is InChI=1S/C12H17N3O/c1-3-4-5-10(2)14-15-12(16)11-6-8-13-9-7-11/h6-9H,3-5H2,1-2H3,(H,15,16)/b14-10+. The zero-order valence-electron chi connectivity index (χ0n) is 9.73. The number of carbonyl (C=O) groups is 1. The average Bonchev–Trinajstić information content (AvgIpc) is 2.34. The van der Waals surface area contributed by atoms with Crippen molar-refractivity contribution < 1.29 is 4.79 Å². The molecule has 0 radical (unpaired) electrons. The molecular weight excluding hydrogens is 202 g/mol. The van der Waals surface area contributed by atoms with Gasteiger partial charge in [0.25, 0.3) is 5.91 Å². The van der Waals surface area contributed by atoms with Crippen LogP contribution < -0.4 is 5.43 Å². The fourth-order valence-corrected chi connectivity index (χ4v) is 1.20. The number of unbranched alkanes of at least 4 members (excludes halogenated alkanes) is 1. The van der Waals surface area contributed by atoms with Crippen molar-refractivity contribution in [2.45, 2.75) is 33.1 Å². The molecule has 0 spiro atoms. The van der Waals surface area contributed by atoms with Crippen LogP contribution in [0, 0.1) is 0 Å². The van der Waals surface area contributed by atoms with Gasteiger partial charge in [-0.1, -0.05) is 13.3 Å². The molecule has 0 bridgehead atoms. The van der Waals surface area contributed by atoms with Gasteiger partial charge in [-0.2, -0.15) is 5.10 Å². The van der Waals surface area contributed by atoms with E-state index in [1.807, 2.05) is 6.92 Å². The topological polar surface area (TPSA) is 54.4 Å². The number of pyridine rings is 1. The molecule has 0 aliphatic carbocycles. The summed E-state index contributed by atoms with van der Waals surface area (Å²) in [6, 6.07) is 3.32. The lowest BCUT2D eigenvalue weighted by molar-refractivity contribution is 0.0954. The second-order valence-electron chi connectivity index (χ2n) is 3.63. The summed E-state index contributed by atoms with van der Waals surface area (Å²) < 4.78 is 0. The van der Waals surface area contributed by atoms with E-state index in [0.29, 0.717) is 5.56 Å². The summed E-state index contributed by atoms with van der Waals surface area (Å²) in [6.45, 7) is 4.05. The molecular formula is C12H17N3O. The molecule has 1 rings (SSSR count). The van der Waals surface area contributed by atoms with Crippen LogP contribution >= 0.6 is 0 Å². The minimum Gasteiger partial charge on any atom is -0.267 e. The smallest absolute Gasteiger partial charge is 0.267 e. The number of aromatic nitrogens is 1. The molecule has 0 saturated heterocycles. The Labute approximate surface area is 95.8 Å². The number of amides is 1. The first-order valence-corrected chi connectivity index (χ1v) is 5.47. The molecule has 0 aliphatic heterocycles. The molecule has 1 amide bonds. The number of rotatable bonds is 5. The average molecular weight is 219 g/mol. The lowest BCUT2D eigenvalue weighted by atomic mass is 10.2. The third-order valence-corrected chi connectivity index (χ3v) is 2.18. The lowest BCUT2D eigenvalue weighted by Gasteiger charge is -2.01. The number of carbonyl (C=O) groups excluding carboxylic acids is 1. The summed E-state index contributed by atoms with van der Waals surface area (Å²) >= 11 is 0. The summed E-state index contributed by atoms with van der Waals surface area (Å²) in [6.07, 6.45) is 6.32. The van der Waals surface area contributed by atoms with Crippen LogP contribution in [-0.4, -0.2) is 16.6 Å². The Morgan fingerprint density at radius 2 is 2.12 bits per heavy atom. The van der Waals surface area contributed by atoms with Gasteiger partial charge < -0.3 is 0 Å². The van der Waals surface area contributed by atoms with Gasteiger partial charge in [-0.05, 0) is 31.9 Å². The third kappa shape index (κ3) is 4.21. The van der Waals surface area contributed by atoms with Gasteiger partial charge in [-0.15, -0.1) is 0 Å². The highest BCUT2D eigenvalue weighted by Gasteiger charge is 2.02. The SMILES string of the molecule is CCCC/C(C)=N/NC(=O)c1ccncc1. The van der Waals surface area contributed by atoms with Crippen LogP contribution in [-0.2, 0) is 0 Å². The molecule has 86 valence electrons. The third-order valence-electron chi connectivity index (χ3n) is 2.18. The predicted octanol–water partition coefficient (Wildman–Crippen LogP) is 2.38. The van der Waals surface area contributed by atoms with Crippen molar-refractivity contribution in [1.29, 1.82) is 0 Å². The van der Waals surface area contributed by atoms with Crippen LogP contribution in [0.15, 0.2) is 29.6 Å². The second kappa shape index (κ2) is 6.71. The summed E-state index contributed by atoms with van der Waals surface area (Å²) in [7, 11) is 0. The quantitative estimate of drug-likeness (QED) is 0.610. The first-order valence-electron chi connectivity index (χ1n) is 5.47. The van der Waals surface area contributed by atoms with Crippen LogP contribution in [0.3, 0.4) is 0 Å². The van der Waals surface area contributed by atoms with Gasteiger partial charge in [-0.3, -0.25) is 9.78 Å². The zero-order valence-corrected chi connectivity index (χ0v) is 9.73. The van der Waals surface area contributed by atoms with E-state index < -0.39 is 0 Å². The van der Waals surface area contributed by atoms with E-state index in [1.165, 1.54) is 0 Å². The highest BCUT2D eigenvalue weighted by molar-refractivity contribution is 5.95. The van der Waals surface area contributed by atoms with Gasteiger partial charge in [0.1, 0.15) is 0 Å². The number of hydrogen-bond donors (Lipinski definition) is 1. The van der Waals surface area contributed by atoms with E-state index in [9.17, 15) is 4.79 Å². The summed E-state index contributed by atoms with van der Waals surface area (Å²) in [5.74, 6) is -0.196. The van der Waals surface area contributed by atoms with Crippen LogP contribution in [0.25, 0.3) is 0 Å². The first-order chi connectivity index (χ1) is 7.74. The molecule has 0 unspecified atom stereocenters. The van der Waals surface area contributed by atoms with Gasteiger partial charge in [-0.25, -0.2) is 5.43 Å². The van der Waals surface area contributed by atoms with Crippen LogP contribution in [0.5, 0.6) is 0 Å². The number of hydrogen-bond acceptors (Lipinski definition) is 3. The monoisotopic (exact) mass is 219 g/mol. The van der Waals surface area contributed by atoms with Crippen molar-refractivity contribution in [1.82, 2.24) is 10.4 Å². The Morgan fingerprint density at radius 1 is 1.44 bits per heavy atom. The van der Waals surface area contributed by atoms with E-state index in [2.05, 4.69) is 22.4 Å². The largest absolute Gasteiger partial charge is 0.271 e. The maximum atomic E-state index is 11.6. The van der Waals surface area contributed by atoms with E-state index in [1.54, 1.807) is 24.5 Å². The fourth-order valence-electron chi connectivity index (χ4n) is 1.20. The van der Waals surface area contributed by atoms with Crippen LogP contribution in [0.4, 0.5) is 0 Å². The molecule has 16 heavy (non-hydrogen) atoms. The molecule has 1 heterocycles. The molecule has 4 nitrogen and oxygen atoms in total. The van der Waals surface area contributed by atoms with Gasteiger partial charge in [0.05, 0.1) is 0 Å². The summed E-state index contributed by atoms with van der Waals surface area (Å²) in [5, 5.41) is 4.03. The van der Waals surface area contributed by atoms with Crippen LogP contribution in [0.2, 0.25) is 0 Å². The van der Waals surface area contributed by atoms with Crippen molar-refractivity contribution in [3.63, 3.8) is 0 Å².